The number of hydrogen-bond acceptors (Lipinski definition) is 5. The van der Waals surface area contributed by atoms with Crippen molar-refractivity contribution in [1.29, 1.82) is 0 Å². The van der Waals surface area contributed by atoms with Gasteiger partial charge in [0, 0.05) is 37.0 Å². The average Bonchev–Trinajstić information content (AvgIpc) is 3.10. The third-order valence-electron chi connectivity index (χ3n) is 3.34. The van der Waals surface area contributed by atoms with Crippen molar-refractivity contribution in [1.82, 2.24) is 24.0 Å². The lowest BCUT2D eigenvalue weighted by Gasteiger charge is -2.16. The van der Waals surface area contributed by atoms with E-state index in [4.69, 9.17) is 11.6 Å². The summed E-state index contributed by atoms with van der Waals surface area (Å²) in [6.07, 6.45) is 3.84. The molecular weight excluding hydrogens is 318 g/mol. The van der Waals surface area contributed by atoms with Crippen LogP contribution >= 0.6 is 23.1 Å². The van der Waals surface area contributed by atoms with Gasteiger partial charge in [-0.3, -0.25) is 4.90 Å². The molecule has 2 aromatic heterocycles. The van der Waals surface area contributed by atoms with Crippen molar-refractivity contribution in [2.24, 2.45) is 0 Å². The maximum atomic E-state index is 6.05. The third-order valence-corrected chi connectivity index (χ3v) is 4.32. The fraction of sp³-hybridized carbons (Fsp3) is 0.267. The fourth-order valence-corrected chi connectivity index (χ4v) is 2.87. The fourth-order valence-electron chi connectivity index (χ4n) is 2.26. The molecule has 0 amide bonds. The topological polar surface area (TPSA) is 46.8 Å². The van der Waals surface area contributed by atoms with Crippen LogP contribution in [0.2, 0.25) is 4.34 Å². The minimum Gasteiger partial charge on any atom is -0.329 e. The first-order chi connectivity index (χ1) is 10.7. The lowest BCUT2D eigenvalue weighted by Crippen LogP contribution is -2.20. The third kappa shape index (κ3) is 3.71. The number of aromatic nitrogens is 4. The smallest absolute Gasteiger partial charge is 0.138 e. The molecule has 1 aromatic carbocycles. The molecule has 0 aliphatic rings. The second kappa shape index (κ2) is 7.00. The predicted octanol–water partition coefficient (Wildman–Crippen LogP) is 3.07. The van der Waals surface area contributed by atoms with Gasteiger partial charge in [-0.05, 0) is 12.6 Å². The Balaban J connectivity index is 1.66. The van der Waals surface area contributed by atoms with Gasteiger partial charge in [-0.1, -0.05) is 46.4 Å². The zero-order valence-electron chi connectivity index (χ0n) is 12.2. The van der Waals surface area contributed by atoms with E-state index in [1.807, 2.05) is 25.5 Å². The molecule has 0 fully saturated rings. The van der Waals surface area contributed by atoms with Gasteiger partial charge in [-0.15, -0.1) is 5.10 Å². The molecule has 0 bridgehead atoms. The normalized spacial score (nSPS) is 11.2. The lowest BCUT2D eigenvalue weighted by atomic mass is 10.2. The van der Waals surface area contributed by atoms with Gasteiger partial charge >= 0.3 is 0 Å². The van der Waals surface area contributed by atoms with E-state index in [0.29, 0.717) is 10.9 Å². The van der Waals surface area contributed by atoms with Crippen LogP contribution in [0.25, 0.3) is 0 Å². The summed E-state index contributed by atoms with van der Waals surface area (Å²) in [6, 6.07) is 10.4. The molecule has 0 N–H and O–H groups in total. The van der Waals surface area contributed by atoms with Crippen LogP contribution in [0.5, 0.6) is 0 Å². The highest BCUT2D eigenvalue weighted by Crippen LogP contribution is 2.19. The molecule has 0 unspecified atom stereocenters. The van der Waals surface area contributed by atoms with Crippen molar-refractivity contribution in [2.45, 2.75) is 19.6 Å². The van der Waals surface area contributed by atoms with Gasteiger partial charge in [0.2, 0.25) is 0 Å². The van der Waals surface area contributed by atoms with E-state index in [-0.39, 0.29) is 0 Å². The molecule has 22 heavy (non-hydrogen) atoms. The van der Waals surface area contributed by atoms with Crippen molar-refractivity contribution in [3.63, 3.8) is 0 Å². The molecule has 0 radical (unpaired) electrons. The first-order valence-corrected chi connectivity index (χ1v) is 8.06. The average molecular weight is 334 g/mol. The van der Waals surface area contributed by atoms with E-state index in [1.54, 1.807) is 0 Å². The summed E-state index contributed by atoms with van der Waals surface area (Å²) in [7, 11) is 2.03. The highest BCUT2D eigenvalue weighted by molar-refractivity contribution is 7.10. The van der Waals surface area contributed by atoms with Crippen molar-refractivity contribution in [3.05, 3.63) is 64.1 Å². The summed E-state index contributed by atoms with van der Waals surface area (Å²) in [5, 5.41) is 4.04. The van der Waals surface area contributed by atoms with Gasteiger partial charge in [0.05, 0.1) is 6.54 Å². The molecule has 7 heteroatoms. The molecular formula is C15H16ClN5S. The Labute approximate surface area is 138 Å². The molecule has 0 spiro atoms. The zero-order chi connectivity index (χ0) is 15.4. The summed E-state index contributed by atoms with van der Waals surface area (Å²) >= 11 is 7.27. The van der Waals surface area contributed by atoms with E-state index in [0.717, 1.165) is 24.6 Å². The number of halogens is 1. The molecule has 5 nitrogen and oxygen atoms in total. The second-order valence-corrected chi connectivity index (χ2v) is 6.48. The van der Waals surface area contributed by atoms with Crippen LogP contribution in [0.1, 0.15) is 17.1 Å². The summed E-state index contributed by atoms with van der Waals surface area (Å²) in [4.78, 5) is 6.59. The van der Waals surface area contributed by atoms with Crippen LogP contribution < -0.4 is 0 Å². The van der Waals surface area contributed by atoms with Gasteiger partial charge in [-0.2, -0.15) is 0 Å². The Morgan fingerprint density at radius 2 is 2.05 bits per heavy atom. The summed E-state index contributed by atoms with van der Waals surface area (Å²) in [5.74, 6) is 1.02. The molecule has 0 aliphatic heterocycles. The van der Waals surface area contributed by atoms with E-state index in [2.05, 4.69) is 48.3 Å². The van der Waals surface area contributed by atoms with E-state index < -0.39 is 0 Å². The molecule has 3 rings (SSSR count). The maximum Gasteiger partial charge on any atom is 0.138 e. The van der Waals surface area contributed by atoms with Gasteiger partial charge in [0.15, 0.2) is 0 Å². The monoisotopic (exact) mass is 333 g/mol. The predicted molar refractivity (Wildman–Crippen MR) is 87.9 cm³/mol. The quantitative estimate of drug-likeness (QED) is 0.695. The number of benzene rings is 1. The van der Waals surface area contributed by atoms with Crippen LogP contribution in [0.4, 0.5) is 0 Å². The summed E-state index contributed by atoms with van der Waals surface area (Å²) < 4.78 is 6.67. The molecule has 0 saturated carbocycles. The zero-order valence-corrected chi connectivity index (χ0v) is 13.8. The maximum absolute atomic E-state index is 6.05. The largest absolute Gasteiger partial charge is 0.329 e. The highest BCUT2D eigenvalue weighted by Gasteiger charge is 2.11. The number of rotatable bonds is 6. The first kappa shape index (κ1) is 15.1. The SMILES string of the molecule is CN(Cc1nnsc1Cl)Cc1nccn1Cc1ccccc1. The Morgan fingerprint density at radius 1 is 1.23 bits per heavy atom. The second-order valence-electron chi connectivity index (χ2n) is 5.12. The Bertz CT molecular complexity index is 724. The van der Waals surface area contributed by atoms with Crippen LogP contribution in [0, 0.1) is 0 Å². The van der Waals surface area contributed by atoms with Crippen LogP contribution in [-0.2, 0) is 19.6 Å². The van der Waals surface area contributed by atoms with Crippen molar-refractivity contribution in [3.8, 4) is 0 Å². The van der Waals surface area contributed by atoms with Gasteiger partial charge in [0.1, 0.15) is 15.9 Å². The first-order valence-electron chi connectivity index (χ1n) is 6.91. The Hall–Kier alpha value is -1.76. The molecule has 0 atom stereocenters. The number of imidazole rings is 1. The van der Waals surface area contributed by atoms with Gasteiger partial charge < -0.3 is 4.57 Å². The summed E-state index contributed by atoms with van der Waals surface area (Å²) in [6.45, 7) is 2.21. The van der Waals surface area contributed by atoms with Crippen LogP contribution in [-0.4, -0.2) is 31.1 Å². The van der Waals surface area contributed by atoms with E-state index in [1.165, 1.54) is 17.1 Å². The van der Waals surface area contributed by atoms with Crippen molar-refractivity contribution >= 4 is 23.1 Å². The molecule has 114 valence electrons. The highest BCUT2D eigenvalue weighted by atomic mass is 35.5. The lowest BCUT2D eigenvalue weighted by molar-refractivity contribution is 0.302. The number of hydrogen-bond donors (Lipinski definition) is 0. The van der Waals surface area contributed by atoms with Gasteiger partial charge in [0.25, 0.3) is 0 Å². The molecule has 0 saturated heterocycles. The minimum absolute atomic E-state index is 0.652. The molecule has 0 aliphatic carbocycles. The molecule has 3 aromatic rings. The molecule has 2 heterocycles. The van der Waals surface area contributed by atoms with Gasteiger partial charge in [-0.25, -0.2) is 4.98 Å². The standard InChI is InChI=1S/C15H16ClN5S/c1-20(10-13-15(16)22-19-18-13)11-14-17-7-8-21(14)9-12-5-3-2-4-6-12/h2-8H,9-11H2,1H3. The Kier molecular flexibility index (Phi) is 4.82. The van der Waals surface area contributed by atoms with Crippen LogP contribution in [0.3, 0.4) is 0 Å². The van der Waals surface area contributed by atoms with E-state index in [9.17, 15) is 0 Å². The van der Waals surface area contributed by atoms with Crippen LogP contribution in [0.15, 0.2) is 42.7 Å². The number of nitrogens with zero attached hydrogens (tertiary/aromatic N) is 5. The summed E-state index contributed by atoms with van der Waals surface area (Å²) in [5.41, 5.74) is 2.08. The Morgan fingerprint density at radius 3 is 2.77 bits per heavy atom. The minimum atomic E-state index is 0.652. The van der Waals surface area contributed by atoms with Crippen molar-refractivity contribution < 1.29 is 0 Å². The van der Waals surface area contributed by atoms with E-state index >= 15 is 0 Å². The van der Waals surface area contributed by atoms with Crippen molar-refractivity contribution in [2.75, 3.05) is 7.05 Å².